The first kappa shape index (κ1) is 11.1. The van der Waals surface area contributed by atoms with Crippen LogP contribution in [-0.2, 0) is 0 Å². The Labute approximate surface area is 108 Å². The van der Waals surface area contributed by atoms with Gasteiger partial charge in [-0.1, -0.05) is 36.4 Å². The fraction of sp³-hybridized carbons (Fsp3) is 0.250. The molecule has 2 aromatic rings. The minimum atomic E-state index is 0.549. The number of hydrogen-bond donors (Lipinski definition) is 1. The summed E-state index contributed by atoms with van der Waals surface area (Å²) in [5, 5.41) is 3.60. The highest BCUT2D eigenvalue weighted by Gasteiger charge is 2.22. The van der Waals surface area contributed by atoms with Gasteiger partial charge in [0, 0.05) is 30.5 Å². The van der Waals surface area contributed by atoms with Crippen LogP contribution in [0.3, 0.4) is 0 Å². The monoisotopic (exact) mass is 238 g/mol. The van der Waals surface area contributed by atoms with Crippen molar-refractivity contribution in [3.05, 3.63) is 60.7 Å². The standard InChI is InChI=1S/C16H18N2/c1-3-7-14(8-4-1)17-15-11-12-18(13-15)16-9-5-2-6-10-16/h1-10,15,17H,11-13H2/t15-/m0/s1. The van der Waals surface area contributed by atoms with E-state index in [0.29, 0.717) is 6.04 Å². The molecule has 0 bridgehead atoms. The minimum absolute atomic E-state index is 0.549. The first-order valence-corrected chi connectivity index (χ1v) is 6.53. The van der Waals surface area contributed by atoms with Crippen LogP contribution < -0.4 is 10.2 Å². The number of hydrogen-bond acceptors (Lipinski definition) is 2. The molecule has 1 N–H and O–H groups in total. The maximum Gasteiger partial charge on any atom is 0.0453 e. The van der Waals surface area contributed by atoms with E-state index in [2.05, 4.69) is 70.9 Å². The fourth-order valence-electron chi connectivity index (χ4n) is 2.52. The number of rotatable bonds is 3. The molecule has 0 unspecified atom stereocenters. The second-order valence-electron chi connectivity index (χ2n) is 4.78. The van der Waals surface area contributed by atoms with Gasteiger partial charge in [0.1, 0.15) is 0 Å². The highest BCUT2D eigenvalue weighted by Crippen LogP contribution is 2.21. The van der Waals surface area contributed by atoms with Crippen molar-refractivity contribution in [3.8, 4) is 0 Å². The topological polar surface area (TPSA) is 15.3 Å². The van der Waals surface area contributed by atoms with Gasteiger partial charge in [-0.05, 0) is 30.7 Å². The van der Waals surface area contributed by atoms with Gasteiger partial charge in [-0.3, -0.25) is 0 Å². The molecular weight excluding hydrogens is 220 g/mol. The summed E-state index contributed by atoms with van der Waals surface area (Å²) in [6, 6.07) is 21.7. The Morgan fingerprint density at radius 2 is 1.56 bits per heavy atom. The molecule has 1 heterocycles. The molecule has 1 aliphatic heterocycles. The van der Waals surface area contributed by atoms with Gasteiger partial charge in [0.05, 0.1) is 0 Å². The van der Waals surface area contributed by atoms with E-state index in [1.165, 1.54) is 17.8 Å². The summed E-state index contributed by atoms with van der Waals surface area (Å²) in [7, 11) is 0. The largest absolute Gasteiger partial charge is 0.380 e. The Morgan fingerprint density at radius 1 is 0.889 bits per heavy atom. The van der Waals surface area contributed by atoms with E-state index in [9.17, 15) is 0 Å². The molecule has 18 heavy (non-hydrogen) atoms. The molecule has 3 rings (SSSR count). The lowest BCUT2D eigenvalue weighted by Gasteiger charge is -2.19. The van der Waals surface area contributed by atoms with Crippen LogP contribution in [0.5, 0.6) is 0 Å². The zero-order chi connectivity index (χ0) is 12.2. The fourth-order valence-corrected chi connectivity index (χ4v) is 2.52. The van der Waals surface area contributed by atoms with Gasteiger partial charge in [0.25, 0.3) is 0 Å². The molecule has 2 aromatic carbocycles. The van der Waals surface area contributed by atoms with Gasteiger partial charge >= 0.3 is 0 Å². The van der Waals surface area contributed by atoms with Crippen LogP contribution in [0.25, 0.3) is 0 Å². The Hall–Kier alpha value is -1.96. The lowest BCUT2D eigenvalue weighted by molar-refractivity contribution is 0.807. The second-order valence-corrected chi connectivity index (χ2v) is 4.78. The van der Waals surface area contributed by atoms with Gasteiger partial charge in [-0.2, -0.15) is 0 Å². The van der Waals surface area contributed by atoms with Crippen LogP contribution in [0, 0.1) is 0 Å². The normalized spacial score (nSPS) is 18.9. The maximum absolute atomic E-state index is 3.60. The van der Waals surface area contributed by atoms with Crippen molar-refractivity contribution in [1.29, 1.82) is 0 Å². The second kappa shape index (κ2) is 5.13. The summed E-state index contributed by atoms with van der Waals surface area (Å²) in [4.78, 5) is 2.45. The van der Waals surface area contributed by atoms with Crippen LogP contribution in [0.15, 0.2) is 60.7 Å². The molecule has 0 saturated carbocycles. The number of nitrogens with one attached hydrogen (secondary N) is 1. The van der Waals surface area contributed by atoms with Crippen LogP contribution in [0.1, 0.15) is 6.42 Å². The number of nitrogens with zero attached hydrogens (tertiary/aromatic N) is 1. The van der Waals surface area contributed by atoms with Gasteiger partial charge in [-0.25, -0.2) is 0 Å². The molecule has 0 aromatic heterocycles. The van der Waals surface area contributed by atoms with E-state index in [0.717, 1.165) is 13.1 Å². The molecular formula is C16H18N2. The number of para-hydroxylation sites is 2. The van der Waals surface area contributed by atoms with Crippen molar-refractivity contribution >= 4 is 11.4 Å². The summed E-state index contributed by atoms with van der Waals surface area (Å²) in [6.07, 6.45) is 1.20. The van der Waals surface area contributed by atoms with Gasteiger partial charge in [0.2, 0.25) is 0 Å². The minimum Gasteiger partial charge on any atom is -0.380 e. The third kappa shape index (κ3) is 2.48. The molecule has 0 spiro atoms. The van der Waals surface area contributed by atoms with Gasteiger partial charge < -0.3 is 10.2 Å². The summed E-state index contributed by atoms with van der Waals surface area (Å²) in [6.45, 7) is 2.22. The quantitative estimate of drug-likeness (QED) is 0.882. The summed E-state index contributed by atoms with van der Waals surface area (Å²) >= 11 is 0. The van der Waals surface area contributed by atoms with E-state index < -0.39 is 0 Å². The number of anilines is 2. The number of benzene rings is 2. The van der Waals surface area contributed by atoms with Crippen molar-refractivity contribution in [1.82, 2.24) is 0 Å². The van der Waals surface area contributed by atoms with Crippen LogP contribution in [0.2, 0.25) is 0 Å². The highest BCUT2D eigenvalue weighted by molar-refractivity contribution is 5.49. The van der Waals surface area contributed by atoms with Crippen molar-refractivity contribution in [3.63, 3.8) is 0 Å². The Bertz CT molecular complexity index is 481. The Kier molecular flexibility index (Phi) is 3.18. The van der Waals surface area contributed by atoms with Gasteiger partial charge in [0.15, 0.2) is 0 Å². The average molecular weight is 238 g/mol. The lowest BCUT2D eigenvalue weighted by Crippen LogP contribution is -2.25. The molecule has 0 radical (unpaired) electrons. The van der Waals surface area contributed by atoms with Crippen LogP contribution in [-0.4, -0.2) is 19.1 Å². The third-order valence-electron chi connectivity index (χ3n) is 3.45. The zero-order valence-electron chi connectivity index (χ0n) is 10.4. The zero-order valence-corrected chi connectivity index (χ0v) is 10.4. The van der Waals surface area contributed by atoms with Crippen molar-refractivity contribution < 1.29 is 0 Å². The molecule has 0 amide bonds. The first-order valence-electron chi connectivity index (χ1n) is 6.53. The molecule has 1 saturated heterocycles. The molecule has 1 fully saturated rings. The first-order chi connectivity index (χ1) is 8.92. The Balaban J connectivity index is 1.62. The SMILES string of the molecule is c1ccc(N[C@H]2CCN(c3ccccc3)C2)cc1. The lowest BCUT2D eigenvalue weighted by atomic mass is 10.2. The maximum atomic E-state index is 3.60. The van der Waals surface area contributed by atoms with Gasteiger partial charge in [-0.15, -0.1) is 0 Å². The van der Waals surface area contributed by atoms with Crippen LogP contribution >= 0.6 is 0 Å². The predicted octanol–water partition coefficient (Wildman–Crippen LogP) is 3.38. The summed E-state index contributed by atoms with van der Waals surface area (Å²) in [5.74, 6) is 0. The van der Waals surface area contributed by atoms with E-state index in [4.69, 9.17) is 0 Å². The Morgan fingerprint density at radius 3 is 2.28 bits per heavy atom. The van der Waals surface area contributed by atoms with E-state index in [1.807, 2.05) is 0 Å². The van der Waals surface area contributed by atoms with Crippen LogP contribution in [0.4, 0.5) is 11.4 Å². The van der Waals surface area contributed by atoms with Crippen molar-refractivity contribution in [2.75, 3.05) is 23.3 Å². The average Bonchev–Trinajstić information content (AvgIpc) is 2.89. The van der Waals surface area contributed by atoms with Crippen molar-refractivity contribution in [2.24, 2.45) is 0 Å². The third-order valence-corrected chi connectivity index (χ3v) is 3.45. The predicted molar refractivity (Wildman–Crippen MR) is 77.1 cm³/mol. The van der Waals surface area contributed by atoms with E-state index in [-0.39, 0.29) is 0 Å². The highest BCUT2D eigenvalue weighted by atomic mass is 15.2. The van der Waals surface area contributed by atoms with Crippen molar-refractivity contribution in [2.45, 2.75) is 12.5 Å². The molecule has 0 aliphatic carbocycles. The smallest absolute Gasteiger partial charge is 0.0453 e. The molecule has 1 aliphatic rings. The molecule has 2 nitrogen and oxygen atoms in total. The summed E-state index contributed by atoms with van der Waals surface area (Å²) < 4.78 is 0. The molecule has 1 atom stereocenters. The summed E-state index contributed by atoms with van der Waals surface area (Å²) in [5.41, 5.74) is 2.55. The molecule has 2 heteroatoms. The van der Waals surface area contributed by atoms with E-state index >= 15 is 0 Å². The van der Waals surface area contributed by atoms with E-state index in [1.54, 1.807) is 0 Å². The molecule has 92 valence electrons.